The molecule has 1 aromatic rings. The molecule has 0 aliphatic heterocycles. The Kier molecular flexibility index (Phi) is 3.78. The third-order valence-electron chi connectivity index (χ3n) is 5.48. The summed E-state index contributed by atoms with van der Waals surface area (Å²) in [6, 6.07) is 2.08. The number of amides is 1. The normalized spacial score (nSPS) is 27.8. The third-order valence-corrected chi connectivity index (χ3v) is 5.48. The predicted molar refractivity (Wildman–Crippen MR) is 77.3 cm³/mol. The SMILES string of the molecule is CC1(C)C(Cc2cc(CO)on2)CC1NC(=O)C1CCC1. The number of nitrogens with zero attached hydrogens (tertiary/aromatic N) is 1. The molecule has 2 unspecified atom stereocenters. The van der Waals surface area contributed by atoms with Gasteiger partial charge < -0.3 is 14.9 Å². The molecule has 0 aromatic carbocycles. The largest absolute Gasteiger partial charge is 0.388 e. The molecule has 1 heterocycles. The van der Waals surface area contributed by atoms with Crippen molar-refractivity contribution in [3.05, 3.63) is 17.5 Å². The van der Waals surface area contributed by atoms with E-state index in [-0.39, 0.29) is 29.9 Å². The molecule has 5 heteroatoms. The van der Waals surface area contributed by atoms with Crippen LogP contribution in [0.2, 0.25) is 0 Å². The molecule has 2 N–H and O–H groups in total. The van der Waals surface area contributed by atoms with E-state index < -0.39 is 0 Å². The van der Waals surface area contributed by atoms with Crippen molar-refractivity contribution in [3.8, 4) is 0 Å². The summed E-state index contributed by atoms with van der Waals surface area (Å²) in [6.07, 6.45) is 5.11. The molecule has 0 spiro atoms. The molecule has 2 aliphatic rings. The minimum atomic E-state index is -0.110. The minimum absolute atomic E-state index is 0.0811. The first kappa shape index (κ1) is 14.6. The maximum absolute atomic E-state index is 12.1. The number of hydrogen-bond acceptors (Lipinski definition) is 4. The van der Waals surface area contributed by atoms with Crippen molar-refractivity contribution in [3.63, 3.8) is 0 Å². The van der Waals surface area contributed by atoms with Gasteiger partial charge in [0.1, 0.15) is 6.61 Å². The van der Waals surface area contributed by atoms with E-state index in [1.165, 1.54) is 6.42 Å². The van der Waals surface area contributed by atoms with E-state index in [1.54, 1.807) is 0 Å². The highest BCUT2D eigenvalue weighted by Gasteiger charge is 2.49. The Morgan fingerprint density at radius 3 is 2.81 bits per heavy atom. The number of nitrogens with one attached hydrogen (secondary N) is 1. The van der Waals surface area contributed by atoms with Gasteiger partial charge in [-0.3, -0.25) is 4.79 Å². The summed E-state index contributed by atoms with van der Waals surface area (Å²) in [7, 11) is 0. The van der Waals surface area contributed by atoms with Gasteiger partial charge in [-0.15, -0.1) is 0 Å². The maximum atomic E-state index is 12.1. The van der Waals surface area contributed by atoms with Crippen LogP contribution < -0.4 is 5.32 Å². The molecule has 2 aliphatic carbocycles. The molecule has 2 fully saturated rings. The van der Waals surface area contributed by atoms with Crippen LogP contribution in [-0.2, 0) is 17.8 Å². The summed E-state index contributed by atoms with van der Waals surface area (Å²) < 4.78 is 5.03. The Bertz CT molecular complexity index is 519. The van der Waals surface area contributed by atoms with Crippen molar-refractivity contribution in [2.24, 2.45) is 17.3 Å². The summed E-state index contributed by atoms with van der Waals surface area (Å²) in [5, 5.41) is 16.2. The van der Waals surface area contributed by atoms with Gasteiger partial charge >= 0.3 is 0 Å². The fraction of sp³-hybridized carbons (Fsp3) is 0.750. The van der Waals surface area contributed by atoms with Crippen LogP contribution in [0, 0.1) is 17.3 Å². The number of carbonyl (C=O) groups is 1. The van der Waals surface area contributed by atoms with Crippen LogP contribution in [0.15, 0.2) is 10.6 Å². The zero-order valence-electron chi connectivity index (χ0n) is 12.8. The zero-order chi connectivity index (χ0) is 15.0. The Hall–Kier alpha value is -1.36. The van der Waals surface area contributed by atoms with Gasteiger partial charge in [0.25, 0.3) is 0 Å². The molecule has 1 amide bonds. The summed E-state index contributed by atoms with van der Waals surface area (Å²) >= 11 is 0. The zero-order valence-corrected chi connectivity index (χ0v) is 12.8. The van der Waals surface area contributed by atoms with E-state index >= 15 is 0 Å². The van der Waals surface area contributed by atoms with Crippen LogP contribution in [0.3, 0.4) is 0 Å². The van der Waals surface area contributed by atoms with Crippen molar-refractivity contribution in [1.29, 1.82) is 0 Å². The lowest BCUT2D eigenvalue weighted by molar-refractivity contribution is -0.132. The molecular formula is C16H24N2O3. The van der Waals surface area contributed by atoms with Gasteiger partial charge in [-0.25, -0.2) is 0 Å². The predicted octanol–water partition coefficient (Wildman–Crippen LogP) is 2.04. The van der Waals surface area contributed by atoms with E-state index in [9.17, 15) is 4.79 Å². The molecule has 3 rings (SSSR count). The van der Waals surface area contributed by atoms with Crippen molar-refractivity contribution in [1.82, 2.24) is 10.5 Å². The fourth-order valence-electron chi connectivity index (χ4n) is 3.35. The summed E-state index contributed by atoms with van der Waals surface area (Å²) in [5.74, 6) is 1.49. The van der Waals surface area contributed by atoms with Gasteiger partial charge in [-0.05, 0) is 37.0 Å². The second-order valence-corrected chi connectivity index (χ2v) is 7.09. The molecule has 5 nitrogen and oxygen atoms in total. The lowest BCUT2D eigenvalue weighted by Crippen LogP contribution is -2.59. The van der Waals surface area contributed by atoms with Gasteiger partial charge in [0.2, 0.25) is 5.91 Å². The molecule has 2 atom stereocenters. The van der Waals surface area contributed by atoms with Crippen molar-refractivity contribution < 1.29 is 14.4 Å². The van der Waals surface area contributed by atoms with Crippen molar-refractivity contribution >= 4 is 5.91 Å². The van der Waals surface area contributed by atoms with Crippen LogP contribution in [-0.4, -0.2) is 22.2 Å². The van der Waals surface area contributed by atoms with Gasteiger partial charge in [-0.2, -0.15) is 0 Å². The van der Waals surface area contributed by atoms with E-state index in [0.717, 1.165) is 31.4 Å². The average Bonchev–Trinajstić information content (AvgIpc) is 2.83. The van der Waals surface area contributed by atoms with Gasteiger partial charge in [0.05, 0.1) is 5.69 Å². The smallest absolute Gasteiger partial charge is 0.223 e. The van der Waals surface area contributed by atoms with Gasteiger partial charge in [0, 0.05) is 18.0 Å². The highest BCUT2D eigenvalue weighted by Crippen LogP contribution is 2.48. The number of aliphatic hydroxyl groups is 1. The number of rotatable bonds is 5. The molecule has 1 aromatic heterocycles. The van der Waals surface area contributed by atoms with E-state index in [4.69, 9.17) is 9.63 Å². The Morgan fingerprint density at radius 1 is 1.52 bits per heavy atom. The lowest BCUT2D eigenvalue weighted by Gasteiger charge is -2.52. The monoisotopic (exact) mass is 292 g/mol. The standard InChI is InChI=1S/C16H24N2O3/c1-16(2)11(6-12-8-13(9-19)21-18-12)7-14(16)17-15(20)10-4-3-5-10/h8,10-11,14,19H,3-7,9H2,1-2H3,(H,17,20). The lowest BCUT2D eigenvalue weighted by atomic mass is 9.57. The van der Waals surface area contributed by atoms with E-state index in [1.807, 2.05) is 6.07 Å². The van der Waals surface area contributed by atoms with Crippen LogP contribution >= 0.6 is 0 Å². The molecule has 116 valence electrons. The second-order valence-electron chi connectivity index (χ2n) is 7.09. The Balaban J connectivity index is 1.54. The van der Waals surface area contributed by atoms with Gasteiger partial charge in [-0.1, -0.05) is 25.4 Å². The first-order valence-electron chi connectivity index (χ1n) is 7.86. The van der Waals surface area contributed by atoms with Crippen molar-refractivity contribution in [2.45, 2.75) is 58.6 Å². The van der Waals surface area contributed by atoms with Gasteiger partial charge in [0.15, 0.2) is 5.76 Å². The van der Waals surface area contributed by atoms with Crippen LogP contribution in [0.4, 0.5) is 0 Å². The maximum Gasteiger partial charge on any atom is 0.223 e. The highest BCUT2D eigenvalue weighted by molar-refractivity contribution is 5.79. The third kappa shape index (κ3) is 2.71. The number of hydrogen-bond donors (Lipinski definition) is 2. The Labute approximate surface area is 125 Å². The number of aromatic nitrogens is 1. The number of carbonyl (C=O) groups excluding carboxylic acids is 1. The van der Waals surface area contributed by atoms with E-state index in [2.05, 4.69) is 24.3 Å². The Morgan fingerprint density at radius 2 is 2.29 bits per heavy atom. The molecular weight excluding hydrogens is 268 g/mol. The molecule has 0 saturated heterocycles. The van der Waals surface area contributed by atoms with Crippen LogP contribution in [0.25, 0.3) is 0 Å². The van der Waals surface area contributed by atoms with E-state index in [0.29, 0.717) is 11.7 Å². The first-order valence-corrected chi connectivity index (χ1v) is 7.86. The van der Waals surface area contributed by atoms with Crippen LogP contribution in [0.5, 0.6) is 0 Å². The fourth-order valence-corrected chi connectivity index (χ4v) is 3.35. The second kappa shape index (κ2) is 5.44. The average molecular weight is 292 g/mol. The first-order chi connectivity index (χ1) is 10.0. The summed E-state index contributed by atoms with van der Waals surface area (Å²) in [6.45, 7) is 4.31. The van der Waals surface area contributed by atoms with Crippen LogP contribution in [0.1, 0.15) is 51.0 Å². The molecule has 0 bridgehead atoms. The minimum Gasteiger partial charge on any atom is -0.388 e. The van der Waals surface area contributed by atoms with Crippen molar-refractivity contribution in [2.75, 3.05) is 0 Å². The molecule has 2 saturated carbocycles. The quantitative estimate of drug-likeness (QED) is 0.871. The highest BCUT2D eigenvalue weighted by atomic mass is 16.5. The summed E-state index contributed by atoms with van der Waals surface area (Å²) in [5.41, 5.74) is 0.971. The molecule has 0 radical (unpaired) electrons. The summed E-state index contributed by atoms with van der Waals surface area (Å²) in [4.78, 5) is 12.1. The number of aliphatic hydroxyl groups excluding tert-OH is 1. The topological polar surface area (TPSA) is 75.4 Å². The molecule has 21 heavy (non-hydrogen) atoms.